The quantitative estimate of drug-likeness (QED) is 0.383. The maximum atomic E-state index is 12.6. The second kappa shape index (κ2) is 7.99. The molecule has 31 heavy (non-hydrogen) atoms. The number of para-hydroxylation sites is 2. The lowest BCUT2D eigenvalue weighted by Crippen LogP contribution is -2.10. The fraction of sp³-hybridized carbons (Fsp3) is 0.0909. The number of H-pyrrole nitrogens is 2. The average Bonchev–Trinajstić information content (AvgIpc) is 3.21. The molecule has 0 atom stereocenters. The minimum Gasteiger partial charge on any atom is -0.321 e. The first-order valence-electron chi connectivity index (χ1n) is 9.43. The van der Waals surface area contributed by atoms with Crippen LogP contribution in [0.25, 0.3) is 21.8 Å². The van der Waals surface area contributed by atoms with Gasteiger partial charge in [-0.15, -0.1) is 10.2 Å². The van der Waals surface area contributed by atoms with Crippen molar-refractivity contribution in [2.24, 2.45) is 0 Å². The van der Waals surface area contributed by atoms with Gasteiger partial charge in [-0.3, -0.25) is 9.59 Å². The van der Waals surface area contributed by atoms with Crippen molar-refractivity contribution in [3.05, 3.63) is 80.4 Å². The number of hydrogen-bond donors (Lipinski definition) is 2. The molecular formula is C22H16N4O2S3. The molecule has 9 heteroatoms. The number of fused-ring (bicyclic) bond motifs is 2. The van der Waals surface area contributed by atoms with Gasteiger partial charge in [0.25, 0.3) is 11.1 Å². The van der Waals surface area contributed by atoms with Crippen molar-refractivity contribution in [2.45, 2.75) is 32.3 Å². The van der Waals surface area contributed by atoms with Gasteiger partial charge in [-0.1, -0.05) is 71.3 Å². The molecule has 3 aromatic heterocycles. The predicted octanol–water partition coefficient (Wildman–Crippen LogP) is 5.14. The highest BCUT2D eigenvalue weighted by Crippen LogP contribution is 2.37. The van der Waals surface area contributed by atoms with Crippen LogP contribution in [0.1, 0.15) is 11.1 Å². The Bertz CT molecular complexity index is 1450. The van der Waals surface area contributed by atoms with E-state index < -0.39 is 0 Å². The van der Waals surface area contributed by atoms with Crippen molar-refractivity contribution >= 4 is 56.7 Å². The molecule has 0 spiro atoms. The lowest BCUT2D eigenvalue weighted by molar-refractivity contribution is 0.952. The van der Waals surface area contributed by atoms with Gasteiger partial charge in [0.05, 0.1) is 9.79 Å². The van der Waals surface area contributed by atoms with E-state index >= 15 is 0 Å². The zero-order valence-corrected chi connectivity index (χ0v) is 19.0. The Kier molecular flexibility index (Phi) is 5.17. The molecule has 0 bridgehead atoms. The summed E-state index contributed by atoms with van der Waals surface area (Å²) < 4.78 is 1.31. The minimum absolute atomic E-state index is 0.146. The zero-order chi connectivity index (χ0) is 21.5. The van der Waals surface area contributed by atoms with E-state index in [-0.39, 0.29) is 11.1 Å². The van der Waals surface area contributed by atoms with E-state index in [1.807, 2.05) is 62.4 Å². The van der Waals surface area contributed by atoms with Crippen molar-refractivity contribution in [1.82, 2.24) is 20.2 Å². The van der Waals surface area contributed by atoms with Crippen LogP contribution in [0.3, 0.4) is 0 Å². The van der Waals surface area contributed by atoms with Crippen LogP contribution in [0.5, 0.6) is 0 Å². The van der Waals surface area contributed by atoms with Crippen LogP contribution in [0.4, 0.5) is 0 Å². The van der Waals surface area contributed by atoms with Crippen molar-refractivity contribution in [3.8, 4) is 0 Å². The summed E-state index contributed by atoms with van der Waals surface area (Å²) in [7, 11) is 0. The molecular weight excluding hydrogens is 448 g/mol. The number of benzene rings is 2. The third kappa shape index (κ3) is 3.69. The molecule has 0 aliphatic carbocycles. The Hall–Kier alpha value is -2.88. The standard InChI is InChI=1S/C22H16N4O2S3/c1-11-13-7-3-5-9-15(13)23-19(27)17(11)29-21-25-26-22(31-21)30-18-12(2)14-8-4-6-10-16(14)24-20(18)28/h3-10H,1-2H3,(H,23,27)(H,24,28). The van der Waals surface area contributed by atoms with Crippen LogP contribution in [-0.2, 0) is 0 Å². The Morgan fingerprint density at radius 1 is 0.710 bits per heavy atom. The number of rotatable bonds is 4. The summed E-state index contributed by atoms with van der Waals surface area (Å²) in [5, 5.41) is 10.5. The normalized spacial score (nSPS) is 11.4. The summed E-state index contributed by atoms with van der Waals surface area (Å²) in [5.41, 5.74) is 3.16. The molecule has 0 aliphatic heterocycles. The number of aromatic nitrogens is 4. The van der Waals surface area contributed by atoms with Gasteiger partial charge in [0.1, 0.15) is 0 Å². The maximum absolute atomic E-state index is 12.6. The van der Waals surface area contributed by atoms with E-state index in [0.717, 1.165) is 32.9 Å². The fourth-order valence-corrected chi connectivity index (χ4v) is 6.59. The molecule has 2 aromatic carbocycles. The molecule has 2 N–H and O–H groups in total. The van der Waals surface area contributed by atoms with Crippen molar-refractivity contribution < 1.29 is 0 Å². The van der Waals surface area contributed by atoms with E-state index in [1.54, 1.807) is 0 Å². The van der Waals surface area contributed by atoms with E-state index in [4.69, 9.17) is 0 Å². The first-order valence-corrected chi connectivity index (χ1v) is 11.9. The van der Waals surface area contributed by atoms with Gasteiger partial charge in [0.15, 0.2) is 8.68 Å². The van der Waals surface area contributed by atoms with E-state index in [9.17, 15) is 9.59 Å². The zero-order valence-electron chi connectivity index (χ0n) is 16.6. The van der Waals surface area contributed by atoms with E-state index in [1.165, 1.54) is 34.9 Å². The summed E-state index contributed by atoms with van der Waals surface area (Å²) in [6, 6.07) is 15.4. The molecule has 0 saturated carbocycles. The monoisotopic (exact) mass is 464 g/mol. The fourth-order valence-electron chi connectivity index (χ4n) is 3.48. The van der Waals surface area contributed by atoms with Gasteiger partial charge in [0, 0.05) is 21.8 Å². The summed E-state index contributed by atoms with van der Waals surface area (Å²) in [6.45, 7) is 3.88. The van der Waals surface area contributed by atoms with E-state index in [0.29, 0.717) is 18.5 Å². The molecule has 0 aliphatic rings. The summed E-state index contributed by atoms with van der Waals surface area (Å²) >= 11 is 3.97. The number of nitrogens with zero attached hydrogens (tertiary/aromatic N) is 2. The number of hydrogen-bond acceptors (Lipinski definition) is 7. The largest absolute Gasteiger partial charge is 0.321 e. The average molecular weight is 465 g/mol. The molecule has 0 fully saturated rings. The number of nitrogens with one attached hydrogen (secondary N) is 2. The Morgan fingerprint density at radius 2 is 1.13 bits per heavy atom. The molecule has 0 radical (unpaired) electrons. The lowest BCUT2D eigenvalue weighted by atomic mass is 10.1. The maximum Gasteiger partial charge on any atom is 0.262 e. The highest BCUT2D eigenvalue weighted by atomic mass is 32.2. The van der Waals surface area contributed by atoms with Gasteiger partial charge in [-0.25, -0.2) is 0 Å². The van der Waals surface area contributed by atoms with Crippen LogP contribution in [-0.4, -0.2) is 20.2 Å². The second-order valence-electron chi connectivity index (χ2n) is 6.95. The molecule has 3 heterocycles. The van der Waals surface area contributed by atoms with Gasteiger partial charge >= 0.3 is 0 Å². The molecule has 5 aromatic rings. The van der Waals surface area contributed by atoms with Crippen LogP contribution in [0, 0.1) is 13.8 Å². The van der Waals surface area contributed by atoms with E-state index in [2.05, 4.69) is 20.2 Å². The molecule has 154 valence electrons. The SMILES string of the molecule is Cc1c(Sc2nnc(Sc3c(C)c4ccccc4[nH]c3=O)s2)c(=O)[nH]c2ccccc12. The van der Waals surface area contributed by atoms with Crippen molar-refractivity contribution in [3.63, 3.8) is 0 Å². The predicted molar refractivity (Wildman–Crippen MR) is 127 cm³/mol. The topological polar surface area (TPSA) is 91.5 Å². The molecule has 0 unspecified atom stereocenters. The number of aromatic amines is 2. The van der Waals surface area contributed by atoms with Crippen LogP contribution < -0.4 is 11.1 Å². The van der Waals surface area contributed by atoms with Gasteiger partial charge in [-0.05, 0) is 37.1 Å². The van der Waals surface area contributed by atoms with Crippen LogP contribution in [0.2, 0.25) is 0 Å². The second-order valence-corrected chi connectivity index (χ2v) is 10.4. The molecule has 0 saturated heterocycles. The first-order chi connectivity index (χ1) is 15.0. The van der Waals surface area contributed by atoms with Gasteiger partial charge in [-0.2, -0.15) is 0 Å². The number of pyridine rings is 2. The van der Waals surface area contributed by atoms with Crippen LogP contribution >= 0.6 is 34.9 Å². The Labute approximate surface area is 189 Å². The summed E-state index contributed by atoms with van der Waals surface area (Å²) in [5.74, 6) is 0. The van der Waals surface area contributed by atoms with Gasteiger partial charge < -0.3 is 9.97 Å². The van der Waals surface area contributed by atoms with Crippen molar-refractivity contribution in [1.29, 1.82) is 0 Å². The third-order valence-corrected chi connectivity index (χ3v) is 8.44. The first kappa shape index (κ1) is 20.0. The molecule has 0 amide bonds. The highest BCUT2D eigenvalue weighted by Gasteiger charge is 2.16. The highest BCUT2D eigenvalue weighted by molar-refractivity contribution is 8.03. The van der Waals surface area contributed by atoms with Crippen molar-refractivity contribution in [2.75, 3.05) is 0 Å². The molecule has 5 rings (SSSR count). The Morgan fingerprint density at radius 3 is 1.58 bits per heavy atom. The Balaban J connectivity index is 1.47. The van der Waals surface area contributed by atoms with Crippen LogP contribution in [0.15, 0.2) is 76.6 Å². The molecule has 6 nitrogen and oxygen atoms in total. The third-order valence-electron chi connectivity index (χ3n) is 5.02. The van der Waals surface area contributed by atoms with Gasteiger partial charge in [0.2, 0.25) is 0 Å². The smallest absolute Gasteiger partial charge is 0.262 e. The lowest BCUT2D eigenvalue weighted by Gasteiger charge is -2.06. The number of aryl methyl sites for hydroxylation is 2. The summed E-state index contributed by atoms with van der Waals surface area (Å²) in [6.07, 6.45) is 0. The summed E-state index contributed by atoms with van der Waals surface area (Å²) in [4.78, 5) is 32.3. The minimum atomic E-state index is -0.146.